The lowest BCUT2D eigenvalue weighted by Gasteiger charge is -2.28. The molecule has 3 aromatic carbocycles. The van der Waals surface area contributed by atoms with Gasteiger partial charge in [0, 0.05) is 15.4 Å². The molecule has 0 saturated carbocycles. The summed E-state index contributed by atoms with van der Waals surface area (Å²) in [7, 11) is 0. The number of benzene rings is 3. The molecule has 5 aromatic rings. The molecule has 8 heteroatoms. The van der Waals surface area contributed by atoms with E-state index < -0.39 is 0 Å². The summed E-state index contributed by atoms with van der Waals surface area (Å²) in [6.45, 7) is 4.46. The summed E-state index contributed by atoms with van der Waals surface area (Å²) in [5, 5.41) is 4.45. The van der Waals surface area contributed by atoms with Crippen molar-refractivity contribution in [2.45, 2.75) is 42.0 Å². The Morgan fingerprint density at radius 1 is 0.975 bits per heavy atom. The predicted molar refractivity (Wildman–Crippen MR) is 168 cm³/mol. The summed E-state index contributed by atoms with van der Waals surface area (Å²) >= 11 is 4.83. The molecule has 0 aliphatic carbocycles. The molecule has 0 unspecified atom stereocenters. The number of rotatable bonds is 7. The van der Waals surface area contributed by atoms with Gasteiger partial charge in [-0.1, -0.05) is 104 Å². The second-order valence-electron chi connectivity index (χ2n) is 10.4. The van der Waals surface area contributed by atoms with E-state index in [0.717, 1.165) is 44.8 Å². The molecule has 6 rings (SSSR count). The lowest BCUT2D eigenvalue weighted by Crippen LogP contribution is -2.31. The van der Waals surface area contributed by atoms with Crippen LogP contribution in [-0.4, -0.2) is 26.0 Å². The second kappa shape index (κ2) is 11.3. The number of carbonyl (C=O) groups is 1. The highest BCUT2D eigenvalue weighted by atomic mass is 32.2. The van der Waals surface area contributed by atoms with Crippen LogP contribution in [0.2, 0.25) is 0 Å². The summed E-state index contributed by atoms with van der Waals surface area (Å²) < 4.78 is 1.75. The summed E-state index contributed by atoms with van der Waals surface area (Å²) in [5.74, 6) is 0.897. The Labute approximate surface area is 246 Å². The molecule has 2 aromatic heterocycles. The molecular formula is C32H29N3O2S3. The van der Waals surface area contributed by atoms with Crippen LogP contribution in [0.4, 0.5) is 0 Å². The molecule has 1 N–H and O–H groups in total. The number of thioether (sulfide) groups is 2. The Morgan fingerprint density at radius 2 is 1.57 bits per heavy atom. The van der Waals surface area contributed by atoms with Crippen LogP contribution in [-0.2, 0) is 17.0 Å². The number of nitrogens with zero attached hydrogens (tertiary/aromatic N) is 2. The molecule has 0 spiro atoms. The molecule has 3 heterocycles. The van der Waals surface area contributed by atoms with Gasteiger partial charge in [-0.2, -0.15) is 0 Å². The van der Waals surface area contributed by atoms with Gasteiger partial charge in [0.1, 0.15) is 4.83 Å². The minimum absolute atomic E-state index is 0.0641. The van der Waals surface area contributed by atoms with Gasteiger partial charge in [-0.25, -0.2) is 4.98 Å². The lowest BCUT2D eigenvalue weighted by atomic mass is 9.99. The van der Waals surface area contributed by atoms with Crippen LogP contribution in [0.5, 0.6) is 0 Å². The molecule has 0 radical (unpaired) electrons. The smallest absolute Gasteiger partial charge is 0.267 e. The van der Waals surface area contributed by atoms with Crippen molar-refractivity contribution in [3.8, 4) is 5.69 Å². The van der Waals surface area contributed by atoms with Gasteiger partial charge in [-0.15, -0.1) is 23.1 Å². The van der Waals surface area contributed by atoms with Gasteiger partial charge in [0.15, 0.2) is 5.16 Å². The first kappa shape index (κ1) is 26.9. The van der Waals surface area contributed by atoms with Crippen LogP contribution in [0.3, 0.4) is 0 Å². The minimum Gasteiger partial charge on any atom is -0.344 e. The van der Waals surface area contributed by atoms with Gasteiger partial charge in [0.05, 0.1) is 22.9 Å². The maximum atomic E-state index is 14.1. The molecule has 0 bridgehead atoms. The van der Waals surface area contributed by atoms with E-state index in [9.17, 15) is 9.59 Å². The molecule has 5 nitrogen and oxygen atoms in total. The fourth-order valence-corrected chi connectivity index (χ4v) is 8.26. The van der Waals surface area contributed by atoms with Crippen molar-refractivity contribution in [2.24, 2.45) is 0 Å². The number of amides is 1. The Hall–Kier alpha value is -3.33. The van der Waals surface area contributed by atoms with Crippen molar-refractivity contribution in [3.05, 3.63) is 123 Å². The van der Waals surface area contributed by atoms with Crippen molar-refractivity contribution in [2.75, 3.05) is 5.75 Å². The van der Waals surface area contributed by atoms with E-state index in [1.807, 2.05) is 103 Å². The Bertz CT molecular complexity index is 1680. The quantitative estimate of drug-likeness (QED) is 0.165. The maximum absolute atomic E-state index is 14.1. The number of para-hydroxylation sites is 1. The van der Waals surface area contributed by atoms with Crippen molar-refractivity contribution in [3.63, 3.8) is 0 Å². The summed E-state index contributed by atoms with van der Waals surface area (Å²) in [5.41, 5.74) is 3.84. The van der Waals surface area contributed by atoms with E-state index in [-0.39, 0.29) is 28.0 Å². The third-order valence-electron chi connectivity index (χ3n) is 6.99. The second-order valence-corrected chi connectivity index (χ2v) is 14.1. The first-order chi connectivity index (χ1) is 19.4. The molecule has 1 aliphatic rings. The zero-order valence-corrected chi connectivity index (χ0v) is 24.7. The average Bonchev–Trinajstić information content (AvgIpc) is 3.33. The van der Waals surface area contributed by atoms with Crippen molar-refractivity contribution < 1.29 is 4.79 Å². The summed E-state index contributed by atoms with van der Waals surface area (Å²) in [4.78, 5) is 34.4. The Morgan fingerprint density at radius 3 is 2.20 bits per heavy atom. The largest absolute Gasteiger partial charge is 0.344 e. The van der Waals surface area contributed by atoms with E-state index in [0.29, 0.717) is 5.16 Å². The number of nitrogens with one attached hydrogen (secondary N) is 1. The van der Waals surface area contributed by atoms with Crippen LogP contribution in [0.1, 0.15) is 41.5 Å². The van der Waals surface area contributed by atoms with Crippen LogP contribution in [0, 0.1) is 0 Å². The standard InChI is InChI=1S/C32H29N3O2S3/c1-32(2)18-24-25(19-39-32)40-29-27(24)30(37)35(23-16-10-5-11-17-23)31(34-29)38-20-26(36)33-28(21-12-6-3-7-13-21)22-14-8-4-9-15-22/h3-17,28H,18-20H2,1-2H3,(H,33,36). The number of hydrogen-bond donors (Lipinski definition) is 1. The SMILES string of the molecule is CC1(C)Cc2c(sc3nc(SCC(=O)NC(c4ccccc4)c4ccccc4)n(-c4ccccc4)c(=O)c23)CS1. The Kier molecular flexibility index (Phi) is 7.57. The Balaban J connectivity index is 1.34. The van der Waals surface area contributed by atoms with Gasteiger partial charge in [0.2, 0.25) is 5.91 Å². The normalized spacial score (nSPS) is 14.3. The molecule has 1 amide bonds. The summed E-state index contributed by atoms with van der Waals surface area (Å²) in [6, 6.07) is 29.2. The van der Waals surface area contributed by atoms with Crippen LogP contribution in [0.15, 0.2) is 101 Å². The third kappa shape index (κ3) is 5.48. The minimum atomic E-state index is -0.271. The number of fused-ring (bicyclic) bond motifs is 3. The fourth-order valence-electron chi connectivity index (χ4n) is 5.06. The maximum Gasteiger partial charge on any atom is 0.267 e. The highest BCUT2D eigenvalue weighted by Gasteiger charge is 2.31. The highest BCUT2D eigenvalue weighted by molar-refractivity contribution is 8.00. The first-order valence-electron chi connectivity index (χ1n) is 13.2. The van der Waals surface area contributed by atoms with Crippen molar-refractivity contribution >= 4 is 51.0 Å². The first-order valence-corrected chi connectivity index (χ1v) is 16.0. The van der Waals surface area contributed by atoms with E-state index in [4.69, 9.17) is 4.98 Å². The average molecular weight is 584 g/mol. The fraction of sp³-hybridized carbons (Fsp3) is 0.219. The van der Waals surface area contributed by atoms with E-state index in [1.165, 1.54) is 16.6 Å². The van der Waals surface area contributed by atoms with E-state index >= 15 is 0 Å². The summed E-state index contributed by atoms with van der Waals surface area (Å²) in [6.07, 6.45) is 0.841. The highest BCUT2D eigenvalue weighted by Crippen LogP contribution is 2.44. The predicted octanol–water partition coefficient (Wildman–Crippen LogP) is 7.01. The van der Waals surface area contributed by atoms with Gasteiger partial charge in [-0.05, 0) is 35.2 Å². The third-order valence-corrected chi connectivity index (χ3v) is 10.6. The number of carbonyl (C=O) groups excluding carboxylic acids is 1. The molecule has 0 atom stereocenters. The molecule has 0 fully saturated rings. The number of thiophene rings is 1. The van der Waals surface area contributed by atoms with Crippen LogP contribution < -0.4 is 10.9 Å². The van der Waals surface area contributed by atoms with Gasteiger partial charge >= 0.3 is 0 Å². The zero-order chi connectivity index (χ0) is 27.7. The van der Waals surface area contributed by atoms with E-state index in [2.05, 4.69) is 19.2 Å². The molecule has 40 heavy (non-hydrogen) atoms. The van der Waals surface area contributed by atoms with Gasteiger partial charge < -0.3 is 5.32 Å². The monoisotopic (exact) mass is 583 g/mol. The van der Waals surface area contributed by atoms with E-state index in [1.54, 1.807) is 15.9 Å². The van der Waals surface area contributed by atoms with Crippen LogP contribution in [0.25, 0.3) is 15.9 Å². The lowest BCUT2D eigenvalue weighted by molar-refractivity contribution is -0.119. The van der Waals surface area contributed by atoms with Gasteiger partial charge in [-0.3, -0.25) is 14.2 Å². The molecule has 1 aliphatic heterocycles. The number of hydrogen-bond acceptors (Lipinski definition) is 6. The zero-order valence-electron chi connectivity index (χ0n) is 22.3. The number of aromatic nitrogens is 2. The molecule has 0 saturated heterocycles. The van der Waals surface area contributed by atoms with Crippen LogP contribution >= 0.6 is 34.9 Å². The topological polar surface area (TPSA) is 64.0 Å². The van der Waals surface area contributed by atoms with Crippen molar-refractivity contribution in [1.29, 1.82) is 0 Å². The molecule has 202 valence electrons. The van der Waals surface area contributed by atoms with Crippen molar-refractivity contribution in [1.82, 2.24) is 14.9 Å². The molecular weight excluding hydrogens is 555 g/mol. The van der Waals surface area contributed by atoms with Gasteiger partial charge in [0.25, 0.3) is 5.56 Å².